The van der Waals surface area contributed by atoms with Crippen LogP contribution in [0.1, 0.15) is 16.7 Å². The molecule has 4 heteroatoms. The van der Waals surface area contributed by atoms with E-state index >= 15 is 0 Å². The molecule has 1 aromatic rings. The molecule has 1 aliphatic heterocycles. The second-order valence-corrected chi connectivity index (χ2v) is 3.92. The van der Waals surface area contributed by atoms with Gasteiger partial charge in [-0.25, -0.2) is 0 Å². The van der Waals surface area contributed by atoms with Crippen LogP contribution in [0.25, 0.3) is 0 Å². The van der Waals surface area contributed by atoms with Crippen LogP contribution in [0.3, 0.4) is 0 Å². The Bertz CT molecular complexity index is 466. The van der Waals surface area contributed by atoms with E-state index in [-0.39, 0.29) is 24.7 Å². The molecule has 2 amide bonds. The largest absolute Gasteiger partial charge is 0.496 e. The lowest BCUT2D eigenvalue weighted by Gasteiger charge is -2.10. The highest BCUT2D eigenvalue weighted by Crippen LogP contribution is 2.24. The van der Waals surface area contributed by atoms with Gasteiger partial charge in [-0.1, -0.05) is 6.07 Å². The predicted molar refractivity (Wildman–Crippen MR) is 58.3 cm³/mol. The van der Waals surface area contributed by atoms with Gasteiger partial charge in [-0.15, -0.1) is 0 Å². The van der Waals surface area contributed by atoms with Gasteiger partial charge in [0, 0.05) is 0 Å². The van der Waals surface area contributed by atoms with E-state index < -0.39 is 0 Å². The zero-order valence-electron chi connectivity index (χ0n) is 9.29. The van der Waals surface area contributed by atoms with Crippen molar-refractivity contribution in [2.24, 2.45) is 0 Å². The van der Waals surface area contributed by atoms with Crippen molar-refractivity contribution in [1.29, 1.82) is 0 Å². The van der Waals surface area contributed by atoms with Crippen LogP contribution >= 0.6 is 0 Å². The summed E-state index contributed by atoms with van der Waals surface area (Å²) >= 11 is 0. The zero-order chi connectivity index (χ0) is 11.7. The lowest BCUT2D eigenvalue weighted by atomic mass is 9.99. The highest BCUT2D eigenvalue weighted by molar-refractivity contribution is 5.98. The van der Waals surface area contributed by atoms with Crippen molar-refractivity contribution in [2.75, 3.05) is 7.11 Å². The molecule has 0 bridgehead atoms. The highest BCUT2D eigenvalue weighted by atomic mass is 16.5. The van der Waals surface area contributed by atoms with Crippen LogP contribution in [0, 0.1) is 6.92 Å². The molecule has 4 nitrogen and oxygen atoms in total. The summed E-state index contributed by atoms with van der Waals surface area (Å²) in [6, 6.07) is 3.75. The molecule has 1 heterocycles. The maximum absolute atomic E-state index is 11.4. The van der Waals surface area contributed by atoms with Crippen LogP contribution in [-0.2, 0) is 22.4 Å². The average molecular weight is 219 g/mol. The van der Waals surface area contributed by atoms with E-state index in [2.05, 4.69) is 5.32 Å². The molecular formula is C12H13NO3. The van der Waals surface area contributed by atoms with Crippen LogP contribution in [-0.4, -0.2) is 18.9 Å². The van der Waals surface area contributed by atoms with Crippen molar-refractivity contribution in [1.82, 2.24) is 5.32 Å². The summed E-state index contributed by atoms with van der Waals surface area (Å²) in [6.07, 6.45) is 0.490. The second-order valence-electron chi connectivity index (χ2n) is 3.92. The number of benzene rings is 1. The van der Waals surface area contributed by atoms with E-state index in [1.165, 1.54) is 0 Å². The molecule has 0 aromatic heterocycles. The number of carbonyl (C=O) groups excluding carboxylic acids is 2. The molecule has 1 aromatic carbocycles. The van der Waals surface area contributed by atoms with Crippen molar-refractivity contribution < 1.29 is 14.3 Å². The van der Waals surface area contributed by atoms with Crippen molar-refractivity contribution in [2.45, 2.75) is 19.8 Å². The number of hydrogen-bond donors (Lipinski definition) is 1. The summed E-state index contributed by atoms with van der Waals surface area (Å²) in [6.45, 7) is 1.92. The molecule has 1 N–H and O–H groups in total. The highest BCUT2D eigenvalue weighted by Gasteiger charge is 2.19. The van der Waals surface area contributed by atoms with Gasteiger partial charge in [0.2, 0.25) is 11.8 Å². The maximum Gasteiger partial charge on any atom is 0.230 e. The Morgan fingerprint density at radius 2 is 1.69 bits per heavy atom. The van der Waals surface area contributed by atoms with Gasteiger partial charge in [-0.2, -0.15) is 0 Å². The minimum absolute atomic E-state index is 0.234. The SMILES string of the molecule is COc1cc2c(cc1C)CC(=O)NC(=O)C2. The number of imide groups is 1. The van der Waals surface area contributed by atoms with Crippen molar-refractivity contribution in [3.63, 3.8) is 0 Å². The van der Waals surface area contributed by atoms with E-state index in [0.717, 1.165) is 22.4 Å². The van der Waals surface area contributed by atoms with E-state index in [1.807, 2.05) is 19.1 Å². The van der Waals surface area contributed by atoms with Gasteiger partial charge in [0.1, 0.15) is 5.75 Å². The Kier molecular flexibility index (Phi) is 2.64. The fraction of sp³-hybridized carbons (Fsp3) is 0.333. The number of carbonyl (C=O) groups is 2. The van der Waals surface area contributed by atoms with Gasteiger partial charge in [0.25, 0.3) is 0 Å². The fourth-order valence-electron chi connectivity index (χ4n) is 1.93. The van der Waals surface area contributed by atoms with Gasteiger partial charge in [-0.05, 0) is 29.7 Å². The number of methoxy groups -OCH3 is 1. The maximum atomic E-state index is 11.4. The molecule has 0 unspecified atom stereocenters. The zero-order valence-corrected chi connectivity index (χ0v) is 9.29. The number of amides is 2. The first-order valence-corrected chi connectivity index (χ1v) is 5.09. The summed E-state index contributed by atoms with van der Waals surface area (Å²) in [5.74, 6) is 0.254. The van der Waals surface area contributed by atoms with E-state index in [4.69, 9.17) is 4.74 Å². The van der Waals surface area contributed by atoms with Gasteiger partial charge < -0.3 is 4.74 Å². The quantitative estimate of drug-likeness (QED) is 0.709. The van der Waals surface area contributed by atoms with Crippen molar-refractivity contribution >= 4 is 11.8 Å². The molecule has 0 fully saturated rings. The molecule has 1 aliphatic rings. The third kappa shape index (κ3) is 1.91. The first kappa shape index (κ1) is 10.7. The third-order valence-electron chi connectivity index (χ3n) is 2.70. The normalized spacial score (nSPS) is 15.1. The second kappa shape index (κ2) is 3.96. The summed E-state index contributed by atoms with van der Waals surface area (Å²) < 4.78 is 5.20. The standard InChI is InChI=1S/C12H13NO3/c1-7-3-8-5-11(14)13-12(15)6-9(8)4-10(7)16-2/h3-4H,5-6H2,1-2H3,(H,13,14,15). The lowest BCUT2D eigenvalue weighted by Crippen LogP contribution is -2.30. The topological polar surface area (TPSA) is 55.4 Å². The van der Waals surface area contributed by atoms with E-state index in [0.29, 0.717) is 0 Å². The Hall–Kier alpha value is -1.84. The number of fused-ring (bicyclic) bond motifs is 1. The first-order valence-electron chi connectivity index (χ1n) is 5.09. The third-order valence-corrected chi connectivity index (χ3v) is 2.70. The number of aryl methyl sites for hydroxylation is 1. The van der Waals surface area contributed by atoms with Crippen LogP contribution in [0.4, 0.5) is 0 Å². The number of rotatable bonds is 1. The molecule has 0 radical (unpaired) electrons. The molecule has 0 aliphatic carbocycles. The Labute approximate surface area is 93.6 Å². The van der Waals surface area contributed by atoms with Crippen LogP contribution in [0.15, 0.2) is 12.1 Å². The van der Waals surface area contributed by atoms with Crippen LogP contribution in [0.5, 0.6) is 5.75 Å². The molecule has 0 atom stereocenters. The van der Waals surface area contributed by atoms with Gasteiger partial charge >= 0.3 is 0 Å². The monoisotopic (exact) mass is 219 g/mol. The van der Waals surface area contributed by atoms with Gasteiger partial charge in [0.05, 0.1) is 20.0 Å². The summed E-state index contributed by atoms with van der Waals surface area (Å²) in [4.78, 5) is 22.7. The molecule has 0 saturated heterocycles. The van der Waals surface area contributed by atoms with E-state index in [9.17, 15) is 9.59 Å². The molecule has 16 heavy (non-hydrogen) atoms. The lowest BCUT2D eigenvalue weighted by molar-refractivity contribution is -0.129. The van der Waals surface area contributed by atoms with Crippen molar-refractivity contribution in [3.05, 3.63) is 28.8 Å². The number of hydrogen-bond acceptors (Lipinski definition) is 3. The summed E-state index contributed by atoms with van der Waals surface area (Å²) in [5.41, 5.74) is 2.75. The van der Waals surface area contributed by atoms with Crippen LogP contribution < -0.4 is 10.1 Å². The van der Waals surface area contributed by atoms with E-state index in [1.54, 1.807) is 7.11 Å². The van der Waals surface area contributed by atoms with Crippen molar-refractivity contribution in [3.8, 4) is 5.75 Å². The fourth-order valence-corrected chi connectivity index (χ4v) is 1.93. The molecular weight excluding hydrogens is 206 g/mol. The summed E-state index contributed by atoms with van der Waals surface area (Å²) in [7, 11) is 1.59. The minimum Gasteiger partial charge on any atom is -0.496 e. The predicted octanol–water partition coefficient (Wildman–Crippen LogP) is 0.745. The molecule has 84 valence electrons. The number of nitrogens with one attached hydrogen (secondary N) is 1. The first-order chi connectivity index (χ1) is 7.60. The molecule has 0 spiro atoms. The Morgan fingerprint density at radius 3 is 2.25 bits per heavy atom. The summed E-state index contributed by atoms with van der Waals surface area (Å²) in [5, 5.41) is 2.33. The van der Waals surface area contributed by atoms with Gasteiger partial charge in [-0.3, -0.25) is 14.9 Å². The molecule has 2 rings (SSSR count). The van der Waals surface area contributed by atoms with Gasteiger partial charge in [0.15, 0.2) is 0 Å². The Balaban J connectivity index is 2.49. The molecule has 0 saturated carbocycles. The number of ether oxygens (including phenoxy) is 1. The Morgan fingerprint density at radius 1 is 1.12 bits per heavy atom. The van der Waals surface area contributed by atoms with Crippen LogP contribution in [0.2, 0.25) is 0 Å². The smallest absolute Gasteiger partial charge is 0.230 e. The minimum atomic E-state index is -0.255. The average Bonchev–Trinajstić information content (AvgIpc) is 2.33.